The molecule has 32 heavy (non-hydrogen) atoms. The lowest BCUT2D eigenvalue weighted by Crippen LogP contribution is -2.38. The van der Waals surface area contributed by atoms with Gasteiger partial charge in [-0.3, -0.25) is 9.69 Å². The van der Waals surface area contributed by atoms with Crippen LogP contribution in [0, 0.1) is 5.95 Å². The van der Waals surface area contributed by atoms with Crippen molar-refractivity contribution in [2.45, 2.75) is 0 Å². The van der Waals surface area contributed by atoms with E-state index in [2.05, 4.69) is 9.88 Å². The number of rotatable bonds is 6. The van der Waals surface area contributed by atoms with Crippen LogP contribution < -0.4 is 4.74 Å². The molecule has 1 aliphatic carbocycles. The molecule has 1 saturated heterocycles. The molecule has 0 unspecified atom stereocenters. The van der Waals surface area contributed by atoms with E-state index in [4.69, 9.17) is 9.47 Å². The monoisotopic (exact) mass is 430 g/mol. The van der Waals surface area contributed by atoms with Gasteiger partial charge in [0.1, 0.15) is 12.4 Å². The Kier molecular flexibility index (Phi) is 5.79. The molecule has 0 spiro atoms. The first-order chi connectivity index (χ1) is 15.7. The Bertz CT molecular complexity index is 1150. The van der Waals surface area contributed by atoms with Crippen LogP contribution in [0.4, 0.5) is 4.39 Å². The normalized spacial score (nSPS) is 16.3. The van der Waals surface area contributed by atoms with Crippen LogP contribution in [0.25, 0.3) is 11.1 Å². The Labute approximate surface area is 186 Å². The van der Waals surface area contributed by atoms with Crippen LogP contribution in [-0.2, 0) is 4.74 Å². The number of hydrogen-bond acceptors (Lipinski definition) is 5. The second kappa shape index (κ2) is 9.02. The van der Waals surface area contributed by atoms with E-state index in [0.29, 0.717) is 29.1 Å². The van der Waals surface area contributed by atoms with Gasteiger partial charge in [-0.25, -0.2) is 4.98 Å². The van der Waals surface area contributed by atoms with Crippen LogP contribution >= 0.6 is 0 Å². The second-order valence-electron chi connectivity index (χ2n) is 7.82. The Morgan fingerprint density at radius 2 is 1.75 bits per heavy atom. The number of nitrogens with zero attached hydrogens (tertiary/aromatic N) is 2. The number of carbonyl (C=O) groups excluding carboxylic acids is 1. The third-order valence-electron chi connectivity index (χ3n) is 5.84. The first-order valence-corrected chi connectivity index (χ1v) is 10.7. The lowest BCUT2D eigenvalue weighted by Gasteiger charge is -2.26. The number of halogens is 1. The van der Waals surface area contributed by atoms with Gasteiger partial charge in [-0.2, -0.15) is 4.39 Å². The van der Waals surface area contributed by atoms with E-state index in [9.17, 15) is 9.18 Å². The predicted octanol–water partition coefficient (Wildman–Crippen LogP) is 4.09. The van der Waals surface area contributed by atoms with Gasteiger partial charge in [-0.15, -0.1) is 0 Å². The predicted molar refractivity (Wildman–Crippen MR) is 120 cm³/mol. The van der Waals surface area contributed by atoms with Crippen molar-refractivity contribution in [1.82, 2.24) is 9.88 Å². The smallest absolute Gasteiger partial charge is 0.212 e. The molecule has 0 atom stereocenters. The second-order valence-corrected chi connectivity index (χ2v) is 7.82. The van der Waals surface area contributed by atoms with Gasteiger partial charge in [0.15, 0.2) is 5.78 Å². The molecule has 0 bridgehead atoms. The molecule has 2 aromatic carbocycles. The number of fused-ring (bicyclic) bond motifs is 1. The fourth-order valence-corrected chi connectivity index (χ4v) is 4.22. The average Bonchev–Trinajstić information content (AvgIpc) is 3.13. The summed E-state index contributed by atoms with van der Waals surface area (Å²) in [6.45, 7) is 4.68. The number of benzene rings is 2. The molecular formula is C26H23FN2O3. The standard InChI is InChI=1S/C26H23FN2O3/c27-23-9-6-19(17-28-23)25-24(18-4-2-1-3-5-18)21-8-7-20(16-22(21)26(25)30)32-15-12-29-10-13-31-14-11-29/h1-9,16-17H,10-15H2. The van der Waals surface area contributed by atoms with Gasteiger partial charge in [0.25, 0.3) is 0 Å². The highest BCUT2D eigenvalue weighted by Gasteiger charge is 2.32. The molecule has 1 aromatic heterocycles. The lowest BCUT2D eigenvalue weighted by atomic mass is 9.95. The zero-order valence-corrected chi connectivity index (χ0v) is 17.6. The van der Waals surface area contributed by atoms with Crippen LogP contribution in [0.1, 0.15) is 27.0 Å². The van der Waals surface area contributed by atoms with Crippen LogP contribution in [0.2, 0.25) is 0 Å². The van der Waals surface area contributed by atoms with Gasteiger partial charge in [0, 0.05) is 48.1 Å². The molecule has 0 N–H and O–H groups in total. The molecule has 0 saturated carbocycles. The maximum absolute atomic E-state index is 13.5. The van der Waals surface area contributed by atoms with E-state index in [-0.39, 0.29) is 5.78 Å². The van der Waals surface area contributed by atoms with Crippen molar-refractivity contribution in [3.8, 4) is 5.75 Å². The van der Waals surface area contributed by atoms with Gasteiger partial charge in [0.2, 0.25) is 5.95 Å². The quantitative estimate of drug-likeness (QED) is 0.552. The van der Waals surface area contributed by atoms with E-state index in [1.165, 1.54) is 12.3 Å². The van der Waals surface area contributed by atoms with E-state index in [0.717, 1.165) is 49.5 Å². The number of ether oxygens (including phenoxy) is 2. The van der Waals surface area contributed by atoms with Crippen molar-refractivity contribution in [2.75, 3.05) is 39.5 Å². The first-order valence-electron chi connectivity index (χ1n) is 10.7. The summed E-state index contributed by atoms with van der Waals surface area (Å²) in [6, 6.07) is 18.3. The minimum absolute atomic E-state index is 0.106. The number of hydrogen-bond donors (Lipinski definition) is 0. The molecule has 5 nitrogen and oxygen atoms in total. The van der Waals surface area contributed by atoms with Crippen molar-refractivity contribution in [1.29, 1.82) is 0 Å². The van der Waals surface area contributed by atoms with Gasteiger partial charge in [0.05, 0.1) is 13.2 Å². The van der Waals surface area contributed by atoms with Gasteiger partial charge in [-0.1, -0.05) is 30.3 Å². The minimum Gasteiger partial charge on any atom is -0.492 e. The summed E-state index contributed by atoms with van der Waals surface area (Å²) >= 11 is 0. The lowest BCUT2D eigenvalue weighted by molar-refractivity contribution is 0.0322. The molecule has 162 valence electrons. The number of aromatic nitrogens is 1. The average molecular weight is 430 g/mol. The summed E-state index contributed by atoms with van der Waals surface area (Å²) in [7, 11) is 0. The van der Waals surface area contributed by atoms with Crippen LogP contribution in [0.15, 0.2) is 66.9 Å². The zero-order valence-electron chi connectivity index (χ0n) is 17.6. The van der Waals surface area contributed by atoms with Crippen molar-refractivity contribution in [2.24, 2.45) is 0 Å². The zero-order chi connectivity index (χ0) is 21.9. The molecule has 6 heteroatoms. The topological polar surface area (TPSA) is 51.7 Å². The number of ketones is 1. The number of pyridine rings is 1. The Morgan fingerprint density at radius 3 is 2.50 bits per heavy atom. The first kappa shape index (κ1) is 20.5. The van der Waals surface area contributed by atoms with Crippen LogP contribution in [0.3, 0.4) is 0 Å². The van der Waals surface area contributed by atoms with Crippen molar-refractivity contribution in [3.05, 3.63) is 95.1 Å². The molecule has 2 aliphatic rings. The van der Waals surface area contributed by atoms with Crippen molar-refractivity contribution in [3.63, 3.8) is 0 Å². The molecular weight excluding hydrogens is 407 g/mol. The number of carbonyl (C=O) groups is 1. The molecule has 5 rings (SSSR count). The van der Waals surface area contributed by atoms with Gasteiger partial charge in [-0.05, 0) is 41.5 Å². The highest BCUT2D eigenvalue weighted by molar-refractivity contribution is 6.41. The Balaban J connectivity index is 1.45. The van der Waals surface area contributed by atoms with Gasteiger partial charge >= 0.3 is 0 Å². The third-order valence-corrected chi connectivity index (χ3v) is 5.84. The summed E-state index contributed by atoms with van der Waals surface area (Å²) in [5.41, 5.74) is 4.33. The molecule has 1 aliphatic heterocycles. The molecule has 0 amide bonds. The van der Waals surface area contributed by atoms with E-state index in [1.54, 1.807) is 6.07 Å². The highest BCUT2D eigenvalue weighted by Crippen LogP contribution is 2.43. The Morgan fingerprint density at radius 1 is 0.938 bits per heavy atom. The molecule has 0 radical (unpaired) electrons. The van der Waals surface area contributed by atoms with E-state index < -0.39 is 5.95 Å². The van der Waals surface area contributed by atoms with E-state index >= 15 is 0 Å². The third kappa shape index (κ3) is 4.07. The number of allylic oxidation sites excluding steroid dienone is 1. The molecule has 3 aromatic rings. The minimum atomic E-state index is -0.575. The van der Waals surface area contributed by atoms with Crippen molar-refractivity contribution >= 4 is 16.9 Å². The summed E-state index contributed by atoms with van der Waals surface area (Å²) in [4.78, 5) is 19.5. The Hall–Kier alpha value is -3.35. The van der Waals surface area contributed by atoms with E-state index in [1.807, 2.05) is 48.5 Å². The summed E-state index contributed by atoms with van der Waals surface area (Å²) in [5, 5.41) is 0. The largest absolute Gasteiger partial charge is 0.492 e. The summed E-state index contributed by atoms with van der Waals surface area (Å²) < 4.78 is 24.8. The SMILES string of the molecule is O=C1C(c2ccc(F)nc2)=C(c2ccccc2)c2ccc(OCCN3CCOCC3)cc21. The van der Waals surface area contributed by atoms with Crippen LogP contribution in [0.5, 0.6) is 5.75 Å². The molecule has 2 heterocycles. The molecule has 1 fully saturated rings. The highest BCUT2D eigenvalue weighted by atomic mass is 19.1. The number of morpholine rings is 1. The summed E-state index contributed by atoms with van der Waals surface area (Å²) in [5.74, 6) is -0.0170. The fraction of sp³-hybridized carbons (Fsp3) is 0.231. The van der Waals surface area contributed by atoms with Crippen molar-refractivity contribution < 1.29 is 18.7 Å². The van der Waals surface area contributed by atoms with Crippen LogP contribution in [-0.4, -0.2) is 55.1 Å². The number of Topliss-reactive ketones (excluding diaryl/α,β-unsaturated/α-hetero) is 1. The fourth-order valence-electron chi connectivity index (χ4n) is 4.22. The van der Waals surface area contributed by atoms with Gasteiger partial charge < -0.3 is 9.47 Å². The maximum Gasteiger partial charge on any atom is 0.212 e. The maximum atomic E-state index is 13.5. The summed E-state index contributed by atoms with van der Waals surface area (Å²) in [6.07, 6.45) is 1.41.